The molecule has 3 rings (SSSR count). The van der Waals surface area contributed by atoms with Gasteiger partial charge in [0.25, 0.3) is 12.3 Å². The van der Waals surface area contributed by atoms with Crippen LogP contribution in [0.1, 0.15) is 22.5 Å². The third-order valence-corrected chi connectivity index (χ3v) is 3.34. The lowest BCUT2D eigenvalue weighted by Gasteiger charge is -2.07. The third-order valence-electron chi connectivity index (χ3n) is 3.34. The number of pyridine rings is 1. The molecule has 26 heavy (non-hydrogen) atoms. The standard InChI is InChI=1S/C17H13F2N5O2/c18-15(19)10-3-6-14(22-8-10)26-11-4-1-9(2-5-11)17-23-12(16(21)25)7-13(20)24-17/h1-8,15H,(H2,21,25)(H2,20,23,24). The number of aromatic nitrogens is 3. The van der Waals surface area contributed by atoms with Crippen molar-refractivity contribution in [2.75, 3.05) is 5.73 Å². The number of hydrogen-bond donors (Lipinski definition) is 2. The second-order valence-corrected chi connectivity index (χ2v) is 5.22. The van der Waals surface area contributed by atoms with E-state index in [2.05, 4.69) is 15.0 Å². The molecule has 0 fully saturated rings. The van der Waals surface area contributed by atoms with Gasteiger partial charge in [0, 0.05) is 29.5 Å². The van der Waals surface area contributed by atoms with Crippen LogP contribution in [-0.4, -0.2) is 20.9 Å². The molecule has 0 unspecified atom stereocenters. The quantitative estimate of drug-likeness (QED) is 0.725. The summed E-state index contributed by atoms with van der Waals surface area (Å²) in [6.45, 7) is 0. The van der Waals surface area contributed by atoms with E-state index < -0.39 is 12.3 Å². The van der Waals surface area contributed by atoms with Gasteiger partial charge < -0.3 is 16.2 Å². The van der Waals surface area contributed by atoms with Gasteiger partial charge in [0.2, 0.25) is 5.88 Å². The average Bonchev–Trinajstić information content (AvgIpc) is 2.62. The number of primary amides is 1. The van der Waals surface area contributed by atoms with Crippen LogP contribution in [0, 0.1) is 0 Å². The molecule has 9 heteroatoms. The van der Waals surface area contributed by atoms with E-state index in [1.807, 2.05) is 0 Å². The van der Waals surface area contributed by atoms with E-state index in [1.54, 1.807) is 24.3 Å². The maximum atomic E-state index is 12.5. The molecule has 2 aromatic heterocycles. The summed E-state index contributed by atoms with van der Waals surface area (Å²) < 4.78 is 30.5. The molecule has 0 aliphatic carbocycles. The summed E-state index contributed by atoms with van der Waals surface area (Å²) in [5.74, 6) is 0.263. The number of rotatable bonds is 5. The minimum atomic E-state index is -2.58. The summed E-state index contributed by atoms with van der Waals surface area (Å²) in [5, 5.41) is 0. The van der Waals surface area contributed by atoms with Crippen molar-refractivity contribution in [3.63, 3.8) is 0 Å². The number of anilines is 1. The zero-order valence-electron chi connectivity index (χ0n) is 13.3. The maximum Gasteiger partial charge on any atom is 0.267 e. The first kappa shape index (κ1) is 17.2. The Kier molecular flexibility index (Phi) is 4.70. The fraction of sp³-hybridized carbons (Fsp3) is 0.0588. The summed E-state index contributed by atoms with van der Waals surface area (Å²) in [5.41, 5.74) is 11.3. The fourth-order valence-corrected chi connectivity index (χ4v) is 2.10. The van der Waals surface area contributed by atoms with Crippen LogP contribution >= 0.6 is 0 Å². The molecule has 2 heterocycles. The molecule has 0 saturated carbocycles. The van der Waals surface area contributed by atoms with Gasteiger partial charge in [-0.05, 0) is 30.3 Å². The minimum absolute atomic E-state index is 0.0103. The van der Waals surface area contributed by atoms with Gasteiger partial charge in [-0.15, -0.1) is 0 Å². The molecule has 132 valence electrons. The maximum absolute atomic E-state index is 12.5. The first-order chi connectivity index (χ1) is 12.4. The Morgan fingerprint density at radius 2 is 1.81 bits per heavy atom. The Bertz CT molecular complexity index is 931. The number of carbonyl (C=O) groups is 1. The number of ether oxygens (including phenoxy) is 1. The predicted molar refractivity (Wildman–Crippen MR) is 89.7 cm³/mol. The summed E-state index contributed by atoms with van der Waals surface area (Å²) in [4.78, 5) is 23.2. The van der Waals surface area contributed by atoms with Gasteiger partial charge in [-0.2, -0.15) is 0 Å². The highest BCUT2D eigenvalue weighted by molar-refractivity contribution is 5.91. The second kappa shape index (κ2) is 7.09. The number of halogens is 2. The van der Waals surface area contributed by atoms with E-state index >= 15 is 0 Å². The Labute approximate surface area is 146 Å². The van der Waals surface area contributed by atoms with E-state index in [-0.39, 0.29) is 28.8 Å². The Morgan fingerprint density at radius 1 is 1.08 bits per heavy atom. The van der Waals surface area contributed by atoms with E-state index in [1.165, 1.54) is 18.2 Å². The van der Waals surface area contributed by atoms with E-state index in [0.717, 1.165) is 6.20 Å². The molecule has 4 N–H and O–H groups in total. The smallest absolute Gasteiger partial charge is 0.267 e. The van der Waals surface area contributed by atoms with Gasteiger partial charge in [-0.25, -0.2) is 23.7 Å². The van der Waals surface area contributed by atoms with Crippen molar-refractivity contribution >= 4 is 11.7 Å². The molecule has 0 aliphatic heterocycles. The van der Waals surface area contributed by atoms with Gasteiger partial charge in [-0.1, -0.05) is 0 Å². The van der Waals surface area contributed by atoms with Crippen molar-refractivity contribution in [2.24, 2.45) is 5.73 Å². The molecule has 0 atom stereocenters. The van der Waals surface area contributed by atoms with Crippen LogP contribution in [0.15, 0.2) is 48.7 Å². The highest BCUT2D eigenvalue weighted by Crippen LogP contribution is 2.25. The lowest BCUT2D eigenvalue weighted by atomic mass is 10.2. The molecule has 1 aromatic carbocycles. The molecular weight excluding hydrogens is 344 g/mol. The molecule has 0 bridgehead atoms. The molecule has 3 aromatic rings. The molecule has 0 saturated heterocycles. The predicted octanol–water partition coefficient (Wildman–Crippen LogP) is 2.95. The summed E-state index contributed by atoms with van der Waals surface area (Å²) >= 11 is 0. The third kappa shape index (κ3) is 3.89. The zero-order chi connectivity index (χ0) is 18.7. The number of benzene rings is 1. The van der Waals surface area contributed by atoms with E-state index in [0.29, 0.717) is 11.3 Å². The number of nitrogens with zero attached hydrogens (tertiary/aromatic N) is 3. The van der Waals surface area contributed by atoms with E-state index in [9.17, 15) is 13.6 Å². The van der Waals surface area contributed by atoms with Crippen LogP contribution in [0.5, 0.6) is 11.6 Å². The summed E-state index contributed by atoms with van der Waals surface area (Å²) in [7, 11) is 0. The van der Waals surface area contributed by atoms with Gasteiger partial charge >= 0.3 is 0 Å². The van der Waals surface area contributed by atoms with Crippen LogP contribution < -0.4 is 16.2 Å². The van der Waals surface area contributed by atoms with Crippen molar-refractivity contribution in [3.8, 4) is 23.0 Å². The van der Waals surface area contributed by atoms with Crippen molar-refractivity contribution in [1.29, 1.82) is 0 Å². The summed E-state index contributed by atoms with van der Waals surface area (Å²) in [6.07, 6.45) is -1.53. The number of alkyl halides is 2. The lowest BCUT2D eigenvalue weighted by Crippen LogP contribution is -2.14. The van der Waals surface area contributed by atoms with Gasteiger partial charge in [0.1, 0.15) is 17.3 Å². The summed E-state index contributed by atoms with van der Waals surface area (Å²) in [6, 6.07) is 10.4. The average molecular weight is 357 g/mol. The van der Waals surface area contributed by atoms with Crippen LogP contribution in [0.25, 0.3) is 11.4 Å². The molecule has 0 radical (unpaired) electrons. The number of carbonyl (C=O) groups excluding carboxylic acids is 1. The van der Waals surface area contributed by atoms with Crippen molar-refractivity contribution in [1.82, 2.24) is 15.0 Å². The normalized spacial score (nSPS) is 10.7. The monoisotopic (exact) mass is 357 g/mol. The van der Waals surface area contributed by atoms with Crippen LogP contribution in [0.3, 0.4) is 0 Å². The van der Waals surface area contributed by atoms with Crippen LogP contribution in [0.4, 0.5) is 14.6 Å². The SMILES string of the molecule is NC(=O)c1cc(N)nc(-c2ccc(Oc3ccc(C(F)F)cn3)cc2)n1. The highest BCUT2D eigenvalue weighted by atomic mass is 19.3. The van der Waals surface area contributed by atoms with Crippen molar-refractivity contribution < 1.29 is 18.3 Å². The highest BCUT2D eigenvalue weighted by Gasteiger charge is 2.10. The van der Waals surface area contributed by atoms with Crippen LogP contribution in [-0.2, 0) is 0 Å². The number of nitrogen functional groups attached to an aromatic ring is 1. The second-order valence-electron chi connectivity index (χ2n) is 5.22. The molecule has 1 amide bonds. The largest absolute Gasteiger partial charge is 0.439 e. The molecule has 0 spiro atoms. The van der Waals surface area contributed by atoms with Crippen LogP contribution in [0.2, 0.25) is 0 Å². The molecular formula is C17H13F2N5O2. The topological polar surface area (TPSA) is 117 Å². The first-order valence-corrected chi connectivity index (χ1v) is 7.39. The first-order valence-electron chi connectivity index (χ1n) is 7.39. The Hall–Kier alpha value is -3.62. The minimum Gasteiger partial charge on any atom is -0.439 e. The van der Waals surface area contributed by atoms with Crippen molar-refractivity contribution in [3.05, 3.63) is 59.9 Å². The Morgan fingerprint density at radius 3 is 2.38 bits per heavy atom. The van der Waals surface area contributed by atoms with Gasteiger partial charge in [-0.3, -0.25) is 4.79 Å². The zero-order valence-corrected chi connectivity index (χ0v) is 13.3. The molecule has 0 aliphatic rings. The van der Waals surface area contributed by atoms with Gasteiger partial charge in [0.15, 0.2) is 5.82 Å². The van der Waals surface area contributed by atoms with E-state index in [4.69, 9.17) is 16.2 Å². The number of amides is 1. The van der Waals surface area contributed by atoms with Gasteiger partial charge in [0.05, 0.1) is 0 Å². The number of hydrogen-bond acceptors (Lipinski definition) is 6. The fourth-order valence-electron chi connectivity index (χ4n) is 2.10. The lowest BCUT2D eigenvalue weighted by molar-refractivity contribution is 0.0995. The molecule has 7 nitrogen and oxygen atoms in total. The number of nitrogens with two attached hydrogens (primary N) is 2. The Balaban J connectivity index is 1.79. The van der Waals surface area contributed by atoms with Crippen molar-refractivity contribution in [2.45, 2.75) is 6.43 Å².